The van der Waals surface area contributed by atoms with Crippen LogP contribution in [0, 0.1) is 0 Å². The smallest absolute Gasteiger partial charge is 0.255 e. The molecule has 0 bridgehead atoms. The summed E-state index contributed by atoms with van der Waals surface area (Å²) >= 11 is 0. The number of nitrogens with one attached hydrogen (secondary N) is 1. The fourth-order valence-electron chi connectivity index (χ4n) is 3.13. The minimum absolute atomic E-state index is 0.0704. The monoisotopic (exact) mass is 338 g/mol. The van der Waals surface area contributed by atoms with E-state index in [1.54, 1.807) is 36.3 Å². The van der Waals surface area contributed by atoms with Gasteiger partial charge in [0.05, 0.1) is 7.11 Å². The lowest BCUT2D eigenvalue weighted by Gasteiger charge is -2.26. The van der Waals surface area contributed by atoms with Gasteiger partial charge in [-0.15, -0.1) is 0 Å². The van der Waals surface area contributed by atoms with E-state index in [1.807, 2.05) is 31.2 Å². The van der Waals surface area contributed by atoms with Gasteiger partial charge in [0, 0.05) is 17.8 Å². The van der Waals surface area contributed by atoms with Gasteiger partial charge in [-0.25, -0.2) is 0 Å². The summed E-state index contributed by atoms with van der Waals surface area (Å²) in [6, 6.07) is 14.2. The molecule has 1 aliphatic heterocycles. The van der Waals surface area contributed by atoms with E-state index < -0.39 is 6.04 Å². The molecule has 0 fully saturated rings. The molecule has 5 nitrogen and oxygen atoms in total. The number of nitrogens with zero attached hydrogens (tertiary/aromatic N) is 1. The molecular weight excluding hydrogens is 316 g/mol. The van der Waals surface area contributed by atoms with Crippen molar-refractivity contribution in [2.24, 2.45) is 0 Å². The lowest BCUT2D eigenvalue weighted by molar-refractivity contribution is -0.120. The third-order valence-corrected chi connectivity index (χ3v) is 4.45. The average Bonchev–Trinajstić information content (AvgIpc) is 2.97. The Morgan fingerprint density at radius 1 is 1.20 bits per heavy atom. The zero-order chi connectivity index (χ0) is 17.8. The number of carbonyl (C=O) groups is 2. The third kappa shape index (κ3) is 3.50. The second-order valence-corrected chi connectivity index (χ2v) is 6.11. The zero-order valence-electron chi connectivity index (χ0n) is 14.5. The summed E-state index contributed by atoms with van der Waals surface area (Å²) in [6.45, 7) is 2.50. The molecule has 0 spiro atoms. The molecule has 0 radical (unpaired) electrons. The number of amides is 2. The van der Waals surface area contributed by atoms with Crippen LogP contribution in [0.3, 0.4) is 0 Å². The highest BCUT2D eigenvalue weighted by Crippen LogP contribution is 2.26. The number of hydrogen-bond acceptors (Lipinski definition) is 3. The molecule has 130 valence electrons. The summed E-state index contributed by atoms with van der Waals surface area (Å²) in [6.07, 6.45) is 1.45. The van der Waals surface area contributed by atoms with Crippen molar-refractivity contribution in [3.63, 3.8) is 0 Å². The average molecular weight is 338 g/mol. The first kappa shape index (κ1) is 17.0. The molecule has 1 N–H and O–H groups in total. The molecule has 2 aromatic carbocycles. The number of ether oxygens (including phenoxy) is 1. The Balaban J connectivity index is 1.76. The highest BCUT2D eigenvalue weighted by Gasteiger charge is 2.35. The topological polar surface area (TPSA) is 58.6 Å². The Bertz CT molecular complexity index is 771. The number of hydrogen-bond donors (Lipinski definition) is 1. The molecule has 25 heavy (non-hydrogen) atoms. The largest absolute Gasteiger partial charge is 0.497 e. The van der Waals surface area contributed by atoms with E-state index in [-0.39, 0.29) is 11.8 Å². The van der Waals surface area contributed by atoms with E-state index in [1.165, 1.54) is 0 Å². The van der Waals surface area contributed by atoms with Crippen molar-refractivity contribution in [2.75, 3.05) is 12.4 Å². The fourth-order valence-corrected chi connectivity index (χ4v) is 3.13. The van der Waals surface area contributed by atoms with Crippen LogP contribution in [0.5, 0.6) is 5.75 Å². The second kappa shape index (κ2) is 7.38. The Labute approximate surface area is 147 Å². The zero-order valence-corrected chi connectivity index (χ0v) is 14.5. The van der Waals surface area contributed by atoms with Crippen LogP contribution in [0.4, 0.5) is 5.69 Å². The number of methoxy groups -OCH3 is 1. The first-order chi connectivity index (χ1) is 12.1. The maximum absolute atomic E-state index is 12.8. The van der Waals surface area contributed by atoms with Crippen LogP contribution in [-0.2, 0) is 11.3 Å². The highest BCUT2D eigenvalue weighted by molar-refractivity contribution is 6.03. The lowest BCUT2D eigenvalue weighted by Crippen LogP contribution is -2.44. The van der Waals surface area contributed by atoms with Crippen molar-refractivity contribution in [3.05, 3.63) is 59.7 Å². The molecule has 0 saturated heterocycles. The van der Waals surface area contributed by atoms with Gasteiger partial charge in [0.25, 0.3) is 5.91 Å². The standard InChI is InChI=1S/C20H22N2O3/c1-3-6-18(19(23)21-15-9-11-16(25-2)12-10-15)22-13-14-7-4-5-8-17(14)20(22)24/h4-5,7-12,18H,3,6,13H2,1-2H3,(H,21,23). The molecule has 1 heterocycles. The SMILES string of the molecule is CCCC(C(=O)Nc1ccc(OC)cc1)N1Cc2ccccc2C1=O. The second-order valence-electron chi connectivity index (χ2n) is 6.11. The van der Waals surface area contributed by atoms with Crippen LogP contribution in [0.2, 0.25) is 0 Å². The van der Waals surface area contributed by atoms with Gasteiger partial charge in [0.2, 0.25) is 5.91 Å². The number of fused-ring (bicyclic) bond motifs is 1. The van der Waals surface area contributed by atoms with Crippen molar-refractivity contribution >= 4 is 17.5 Å². The highest BCUT2D eigenvalue weighted by atomic mass is 16.5. The van der Waals surface area contributed by atoms with Gasteiger partial charge in [-0.05, 0) is 42.3 Å². The summed E-state index contributed by atoms with van der Waals surface area (Å²) in [4.78, 5) is 27.2. The van der Waals surface area contributed by atoms with Crippen LogP contribution >= 0.6 is 0 Å². The Hall–Kier alpha value is -2.82. The molecule has 1 atom stereocenters. The summed E-state index contributed by atoms with van der Waals surface area (Å²) in [7, 11) is 1.60. The molecule has 2 amide bonds. The minimum atomic E-state index is -0.480. The van der Waals surface area contributed by atoms with Gasteiger partial charge in [-0.3, -0.25) is 9.59 Å². The van der Waals surface area contributed by atoms with Gasteiger partial charge in [-0.2, -0.15) is 0 Å². The maximum Gasteiger partial charge on any atom is 0.255 e. The van der Waals surface area contributed by atoms with Gasteiger partial charge >= 0.3 is 0 Å². The van der Waals surface area contributed by atoms with Gasteiger partial charge < -0.3 is 15.0 Å². The van der Waals surface area contributed by atoms with E-state index in [0.29, 0.717) is 24.2 Å². The predicted octanol–water partition coefficient (Wildman–Crippen LogP) is 3.46. The van der Waals surface area contributed by atoms with Crippen LogP contribution in [0.15, 0.2) is 48.5 Å². The minimum Gasteiger partial charge on any atom is -0.497 e. The molecule has 1 unspecified atom stereocenters. The van der Waals surface area contributed by atoms with Gasteiger partial charge in [0.15, 0.2) is 0 Å². The molecule has 3 rings (SSSR count). The summed E-state index contributed by atoms with van der Waals surface area (Å²) < 4.78 is 5.13. The van der Waals surface area contributed by atoms with Crippen LogP contribution in [0.1, 0.15) is 35.7 Å². The first-order valence-corrected chi connectivity index (χ1v) is 8.47. The fraction of sp³-hybridized carbons (Fsp3) is 0.300. The lowest BCUT2D eigenvalue weighted by atomic mass is 10.1. The summed E-state index contributed by atoms with van der Waals surface area (Å²) in [5.74, 6) is 0.500. The van der Waals surface area contributed by atoms with Crippen LogP contribution in [0.25, 0.3) is 0 Å². The molecule has 1 aliphatic rings. The summed E-state index contributed by atoms with van der Waals surface area (Å²) in [5, 5.41) is 2.91. The van der Waals surface area contributed by atoms with E-state index in [9.17, 15) is 9.59 Å². The van der Waals surface area contributed by atoms with Crippen LogP contribution < -0.4 is 10.1 Å². The van der Waals surface area contributed by atoms with E-state index in [2.05, 4.69) is 5.32 Å². The summed E-state index contributed by atoms with van der Waals surface area (Å²) in [5.41, 5.74) is 2.36. The molecule has 5 heteroatoms. The third-order valence-electron chi connectivity index (χ3n) is 4.45. The van der Waals surface area contributed by atoms with Crippen molar-refractivity contribution < 1.29 is 14.3 Å². The molecule has 0 saturated carbocycles. The van der Waals surface area contributed by atoms with Crippen molar-refractivity contribution in [3.8, 4) is 5.75 Å². The maximum atomic E-state index is 12.8. The number of carbonyl (C=O) groups excluding carboxylic acids is 2. The van der Waals surface area contributed by atoms with E-state index in [4.69, 9.17) is 4.74 Å². The molecular formula is C20H22N2O3. The first-order valence-electron chi connectivity index (χ1n) is 8.47. The number of rotatable bonds is 6. The van der Waals surface area contributed by atoms with Gasteiger partial charge in [0.1, 0.15) is 11.8 Å². The van der Waals surface area contributed by atoms with Gasteiger partial charge in [-0.1, -0.05) is 31.5 Å². The van der Waals surface area contributed by atoms with Crippen molar-refractivity contribution in [1.82, 2.24) is 4.90 Å². The van der Waals surface area contributed by atoms with Crippen molar-refractivity contribution in [2.45, 2.75) is 32.4 Å². The normalized spacial score (nSPS) is 14.2. The Kier molecular flexibility index (Phi) is 5.03. The Morgan fingerprint density at radius 2 is 1.92 bits per heavy atom. The van der Waals surface area contributed by atoms with Crippen molar-refractivity contribution in [1.29, 1.82) is 0 Å². The quantitative estimate of drug-likeness (QED) is 0.877. The molecule has 0 aliphatic carbocycles. The van der Waals surface area contributed by atoms with E-state index >= 15 is 0 Å². The number of benzene rings is 2. The molecule has 2 aromatic rings. The van der Waals surface area contributed by atoms with Crippen LogP contribution in [-0.4, -0.2) is 29.9 Å². The van der Waals surface area contributed by atoms with E-state index in [0.717, 1.165) is 17.7 Å². The predicted molar refractivity (Wildman–Crippen MR) is 96.6 cm³/mol. The molecule has 0 aromatic heterocycles. The number of anilines is 1. The Morgan fingerprint density at radius 3 is 2.56 bits per heavy atom.